The molecule has 50 heavy (non-hydrogen) atoms. The number of anilines is 2. The first-order chi connectivity index (χ1) is 24.1. The molecule has 2 aliphatic carbocycles. The largest absolute Gasteiger partial charge is 0.351 e. The number of Topliss-reactive ketones (excluding diaryl/α,β-unsaturated/α-hetero) is 1. The maximum atomic E-state index is 11.3. The van der Waals surface area contributed by atoms with E-state index in [0.717, 1.165) is 60.6 Å². The predicted octanol–water partition coefficient (Wildman–Crippen LogP) is 4.86. The zero-order valence-corrected chi connectivity index (χ0v) is 28.1. The fraction of sp³-hybridized carbons (Fsp3) is 0.382. The molecule has 1 aliphatic heterocycles. The first-order valence-electron chi connectivity index (χ1n) is 16.7. The summed E-state index contributed by atoms with van der Waals surface area (Å²) in [4.78, 5) is 29.1. The van der Waals surface area contributed by atoms with E-state index in [1.807, 2.05) is 54.6 Å². The highest BCUT2D eigenvalue weighted by Crippen LogP contribution is 2.36. The Bertz CT molecular complexity index is 2060. The SMILES string of the molecule is Cl.O=C1CCC(Nc2nccc(-n3nnc4ccccc43)n2)CC1.c1ccc2c(c1)nnn2-c1ccnc(NC2CCC3(CC2)OCCO3)n1. The highest BCUT2D eigenvalue weighted by Gasteiger charge is 2.40. The minimum Gasteiger partial charge on any atom is -0.351 e. The third-order valence-electron chi connectivity index (χ3n) is 9.19. The molecule has 0 atom stereocenters. The molecule has 0 radical (unpaired) electrons. The number of ketones is 1. The average molecular weight is 697 g/mol. The van der Waals surface area contributed by atoms with Crippen molar-refractivity contribution in [3.05, 3.63) is 73.1 Å². The monoisotopic (exact) mass is 696 g/mol. The van der Waals surface area contributed by atoms with Crippen molar-refractivity contribution in [3.8, 4) is 11.6 Å². The molecule has 0 amide bonds. The lowest BCUT2D eigenvalue weighted by atomic mass is 9.90. The van der Waals surface area contributed by atoms with Crippen molar-refractivity contribution >= 4 is 52.2 Å². The smallest absolute Gasteiger partial charge is 0.224 e. The first-order valence-corrected chi connectivity index (χ1v) is 16.7. The van der Waals surface area contributed by atoms with E-state index in [1.54, 1.807) is 27.8 Å². The number of aromatic nitrogens is 10. The lowest BCUT2D eigenvalue weighted by molar-refractivity contribution is -0.177. The normalized spacial score (nSPS) is 17.7. The molecular weight excluding hydrogens is 660 g/mol. The molecule has 2 aromatic carbocycles. The fourth-order valence-corrected chi connectivity index (χ4v) is 6.59. The fourth-order valence-electron chi connectivity index (χ4n) is 6.59. The van der Waals surface area contributed by atoms with Crippen LogP contribution in [0.4, 0.5) is 11.9 Å². The summed E-state index contributed by atoms with van der Waals surface area (Å²) in [6.45, 7) is 1.41. The zero-order chi connectivity index (χ0) is 33.0. The Balaban J connectivity index is 0.000000155. The molecule has 1 spiro atoms. The lowest BCUT2D eigenvalue weighted by Gasteiger charge is -2.35. The number of fused-ring (bicyclic) bond motifs is 2. The molecule has 0 unspecified atom stereocenters. The van der Waals surface area contributed by atoms with E-state index < -0.39 is 0 Å². The van der Waals surface area contributed by atoms with Crippen LogP contribution in [0.1, 0.15) is 51.4 Å². The molecular formula is C34H37ClN12O3. The molecule has 9 rings (SSSR count). The van der Waals surface area contributed by atoms with Crippen LogP contribution in [-0.4, -0.2) is 86.8 Å². The maximum Gasteiger partial charge on any atom is 0.224 e. The van der Waals surface area contributed by atoms with Crippen LogP contribution in [0, 0.1) is 0 Å². The van der Waals surface area contributed by atoms with E-state index in [4.69, 9.17) is 9.47 Å². The number of hydrogen-bond acceptors (Lipinski definition) is 13. The van der Waals surface area contributed by atoms with Crippen LogP contribution in [0.15, 0.2) is 73.1 Å². The molecule has 2 saturated carbocycles. The molecule has 258 valence electrons. The molecule has 4 aromatic heterocycles. The van der Waals surface area contributed by atoms with Gasteiger partial charge in [0.05, 0.1) is 24.2 Å². The Morgan fingerprint density at radius 1 is 0.660 bits per heavy atom. The lowest BCUT2D eigenvalue weighted by Crippen LogP contribution is -2.39. The van der Waals surface area contributed by atoms with Gasteiger partial charge in [-0.1, -0.05) is 34.7 Å². The molecule has 3 fully saturated rings. The van der Waals surface area contributed by atoms with E-state index in [1.165, 1.54) is 0 Å². The minimum absolute atomic E-state index is 0. The number of hydrogen-bond donors (Lipinski definition) is 2. The number of benzene rings is 2. The Hall–Kier alpha value is -5.12. The summed E-state index contributed by atoms with van der Waals surface area (Å²) in [5.41, 5.74) is 3.49. The summed E-state index contributed by atoms with van der Waals surface area (Å²) in [6.07, 6.45) is 10.1. The zero-order valence-electron chi connectivity index (χ0n) is 27.3. The van der Waals surface area contributed by atoms with Crippen molar-refractivity contribution in [1.82, 2.24) is 49.9 Å². The van der Waals surface area contributed by atoms with Gasteiger partial charge in [-0.2, -0.15) is 19.3 Å². The Morgan fingerprint density at radius 2 is 1.14 bits per heavy atom. The first kappa shape index (κ1) is 33.4. The highest BCUT2D eigenvalue weighted by molar-refractivity contribution is 5.85. The van der Waals surface area contributed by atoms with Crippen molar-refractivity contribution in [2.24, 2.45) is 0 Å². The van der Waals surface area contributed by atoms with Gasteiger partial charge in [0.25, 0.3) is 0 Å². The number of carbonyl (C=O) groups is 1. The van der Waals surface area contributed by atoms with Gasteiger partial charge in [0.2, 0.25) is 11.9 Å². The van der Waals surface area contributed by atoms with Crippen LogP contribution in [0.5, 0.6) is 0 Å². The van der Waals surface area contributed by atoms with Crippen LogP contribution < -0.4 is 10.6 Å². The number of ether oxygens (including phenoxy) is 2. The second-order valence-electron chi connectivity index (χ2n) is 12.4. The molecule has 3 aliphatic rings. The van der Waals surface area contributed by atoms with E-state index in [0.29, 0.717) is 61.4 Å². The van der Waals surface area contributed by atoms with E-state index in [2.05, 4.69) is 51.2 Å². The standard InChI is InChI=1S/C18H20N6O2.C16H16N6O.ClH/c1-2-4-15-14(3-1)22-23-24(15)16-7-10-19-17(21-16)20-13-5-8-18(9-6-13)25-11-12-26-18;23-12-7-5-11(6-8-12)18-16-17-10-9-15(19-16)22-14-4-2-1-3-13(14)20-21-22;/h1-4,7,10,13H,5-6,8-9,11-12H2,(H,19,20,21);1-4,9-11H,5-8H2,(H,17,18,19);1H. The Morgan fingerprint density at radius 3 is 1.66 bits per heavy atom. The summed E-state index contributed by atoms with van der Waals surface area (Å²) in [5, 5.41) is 23.5. The van der Waals surface area contributed by atoms with E-state index in [9.17, 15) is 4.79 Å². The summed E-state index contributed by atoms with van der Waals surface area (Å²) >= 11 is 0. The van der Waals surface area contributed by atoms with Crippen molar-refractivity contribution in [1.29, 1.82) is 0 Å². The summed E-state index contributed by atoms with van der Waals surface area (Å²) in [6, 6.07) is 19.8. The van der Waals surface area contributed by atoms with E-state index in [-0.39, 0.29) is 24.2 Å². The molecule has 2 N–H and O–H groups in total. The van der Waals surface area contributed by atoms with Crippen LogP contribution >= 0.6 is 12.4 Å². The van der Waals surface area contributed by atoms with Gasteiger partial charge in [0.1, 0.15) is 16.8 Å². The van der Waals surface area contributed by atoms with Gasteiger partial charge < -0.3 is 20.1 Å². The van der Waals surface area contributed by atoms with Crippen LogP contribution in [-0.2, 0) is 14.3 Å². The molecule has 16 heteroatoms. The van der Waals surface area contributed by atoms with Crippen molar-refractivity contribution in [3.63, 3.8) is 0 Å². The minimum atomic E-state index is -0.347. The summed E-state index contributed by atoms with van der Waals surface area (Å²) < 4.78 is 15.0. The maximum absolute atomic E-state index is 11.3. The number of nitrogens with zero attached hydrogens (tertiary/aromatic N) is 10. The van der Waals surface area contributed by atoms with Gasteiger partial charge in [0.15, 0.2) is 17.4 Å². The number of nitrogens with one attached hydrogen (secondary N) is 2. The second-order valence-corrected chi connectivity index (χ2v) is 12.4. The van der Waals surface area contributed by atoms with Crippen molar-refractivity contribution < 1.29 is 14.3 Å². The van der Waals surface area contributed by atoms with Gasteiger partial charge >= 0.3 is 0 Å². The average Bonchev–Trinajstić information content (AvgIpc) is 3.90. The van der Waals surface area contributed by atoms with Gasteiger partial charge in [-0.05, 0) is 49.9 Å². The molecule has 6 aromatic rings. The molecule has 5 heterocycles. The quantitative estimate of drug-likeness (QED) is 0.242. The molecule has 15 nitrogen and oxygen atoms in total. The van der Waals surface area contributed by atoms with Gasteiger partial charge in [-0.3, -0.25) is 4.79 Å². The van der Waals surface area contributed by atoms with Crippen molar-refractivity contribution in [2.75, 3.05) is 23.8 Å². The molecule has 0 bridgehead atoms. The molecule has 1 saturated heterocycles. The number of rotatable bonds is 6. The van der Waals surface area contributed by atoms with Gasteiger partial charge in [-0.25, -0.2) is 9.97 Å². The van der Waals surface area contributed by atoms with Crippen LogP contribution in [0.25, 0.3) is 33.7 Å². The van der Waals surface area contributed by atoms with Crippen LogP contribution in [0.3, 0.4) is 0 Å². The Labute approximate surface area is 293 Å². The number of halogens is 1. The van der Waals surface area contributed by atoms with Gasteiger partial charge in [-0.15, -0.1) is 22.6 Å². The summed E-state index contributed by atoms with van der Waals surface area (Å²) in [5.74, 6) is 2.53. The predicted molar refractivity (Wildman–Crippen MR) is 188 cm³/mol. The second kappa shape index (κ2) is 14.8. The van der Waals surface area contributed by atoms with Crippen LogP contribution in [0.2, 0.25) is 0 Å². The van der Waals surface area contributed by atoms with E-state index >= 15 is 0 Å². The highest BCUT2D eigenvalue weighted by atomic mass is 35.5. The van der Waals surface area contributed by atoms with Crippen molar-refractivity contribution in [2.45, 2.75) is 69.2 Å². The number of carbonyl (C=O) groups excluding carboxylic acids is 1. The van der Waals surface area contributed by atoms with Gasteiger partial charge in [0, 0.05) is 62.3 Å². The third kappa shape index (κ3) is 7.25. The topological polar surface area (TPSA) is 173 Å². The Kier molecular flexibility index (Phi) is 9.87. The summed E-state index contributed by atoms with van der Waals surface area (Å²) in [7, 11) is 0. The third-order valence-corrected chi connectivity index (χ3v) is 9.19. The number of para-hydroxylation sites is 2.